The van der Waals surface area contributed by atoms with Crippen molar-refractivity contribution in [1.82, 2.24) is 15.1 Å². The van der Waals surface area contributed by atoms with Crippen molar-refractivity contribution in [2.24, 2.45) is 5.92 Å². The lowest BCUT2D eigenvalue weighted by atomic mass is 9.98. The fourth-order valence-electron chi connectivity index (χ4n) is 4.23. The molecule has 0 radical (unpaired) electrons. The maximum Gasteiger partial charge on any atom is 0.407 e. The molecule has 182 valence electrons. The lowest BCUT2D eigenvalue weighted by Gasteiger charge is -2.25. The molecule has 2 amide bonds. The van der Waals surface area contributed by atoms with E-state index in [2.05, 4.69) is 29.6 Å². The molecule has 1 aliphatic carbocycles. The van der Waals surface area contributed by atoms with E-state index in [1.165, 1.54) is 16.0 Å². The van der Waals surface area contributed by atoms with Crippen LogP contribution in [0, 0.1) is 5.92 Å². The number of alkyl carbamates (subject to hydrolysis) is 1. The fourth-order valence-corrected chi connectivity index (χ4v) is 4.23. The fraction of sp³-hybridized carbons (Fsp3) is 0.423. The number of fused-ring (bicyclic) bond motifs is 3. The Labute approximate surface area is 200 Å². The molecule has 34 heavy (non-hydrogen) atoms. The van der Waals surface area contributed by atoms with Gasteiger partial charge < -0.3 is 25.0 Å². The second-order valence-electron chi connectivity index (χ2n) is 8.90. The molecular weight excluding hydrogens is 434 g/mol. The molecule has 8 nitrogen and oxygen atoms in total. The summed E-state index contributed by atoms with van der Waals surface area (Å²) in [5, 5.41) is 11.8. The molecule has 0 fully saturated rings. The van der Waals surface area contributed by atoms with Gasteiger partial charge in [-0.05, 0) is 42.8 Å². The van der Waals surface area contributed by atoms with Gasteiger partial charge >= 0.3 is 12.1 Å². The molecule has 3 rings (SSSR count). The first-order chi connectivity index (χ1) is 16.3. The molecule has 2 aromatic carbocycles. The molecule has 1 atom stereocenters. The summed E-state index contributed by atoms with van der Waals surface area (Å²) >= 11 is 0. The van der Waals surface area contributed by atoms with Crippen molar-refractivity contribution in [3.63, 3.8) is 0 Å². The Hall–Kier alpha value is -3.39. The smallest absolute Gasteiger partial charge is 0.407 e. The Morgan fingerprint density at radius 3 is 2.15 bits per heavy atom. The first-order valence-corrected chi connectivity index (χ1v) is 11.5. The van der Waals surface area contributed by atoms with Crippen LogP contribution in [0.1, 0.15) is 30.4 Å². The second-order valence-corrected chi connectivity index (χ2v) is 8.90. The highest BCUT2D eigenvalue weighted by Gasteiger charge is 2.29. The number of aliphatic carboxylic acids is 1. The van der Waals surface area contributed by atoms with Crippen molar-refractivity contribution < 1.29 is 24.2 Å². The van der Waals surface area contributed by atoms with Crippen molar-refractivity contribution in [1.29, 1.82) is 0 Å². The van der Waals surface area contributed by atoms with E-state index in [4.69, 9.17) is 9.84 Å². The van der Waals surface area contributed by atoms with E-state index in [9.17, 15) is 14.4 Å². The third kappa shape index (κ3) is 6.35. The normalized spacial score (nSPS) is 13.2. The Kier molecular flexibility index (Phi) is 8.65. The zero-order valence-electron chi connectivity index (χ0n) is 20.0. The van der Waals surface area contributed by atoms with E-state index in [0.29, 0.717) is 19.5 Å². The largest absolute Gasteiger partial charge is 0.480 e. The molecule has 0 bridgehead atoms. The maximum atomic E-state index is 12.7. The number of nitrogens with zero attached hydrogens (tertiary/aromatic N) is 2. The van der Waals surface area contributed by atoms with E-state index < -0.39 is 18.0 Å². The standard InChI is InChI=1S/C26H33N3O5/c1-18(25(32)29(16-24(30)31)15-14-28(2)3)12-13-27-26(33)34-17-23-21-10-6-4-8-19(21)20-9-5-7-11-22(20)23/h4-11,18,23H,12-17H2,1-3H3,(H,27,33)(H,30,31). The summed E-state index contributed by atoms with van der Waals surface area (Å²) in [6.45, 7) is 2.80. The summed E-state index contributed by atoms with van der Waals surface area (Å²) in [6, 6.07) is 16.3. The molecule has 2 N–H and O–H groups in total. The molecule has 0 aliphatic heterocycles. The Morgan fingerprint density at radius 1 is 1.00 bits per heavy atom. The average Bonchev–Trinajstić information content (AvgIpc) is 3.13. The topological polar surface area (TPSA) is 99.2 Å². The molecule has 1 aliphatic rings. The SMILES string of the molecule is CC(CCNC(=O)OCC1c2ccccc2-c2ccccc21)C(=O)N(CCN(C)C)CC(=O)O. The number of hydrogen-bond acceptors (Lipinski definition) is 5. The van der Waals surface area contributed by atoms with Gasteiger partial charge in [-0.15, -0.1) is 0 Å². The third-order valence-electron chi connectivity index (χ3n) is 6.07. The highest BCUT2D eigenvalue weighted by molar-refractivity contribution is 5.83. The van der Waals surface area contributed by atoms with Gasteiger partial charge in [-0.3, -0.25) is 9.59 Å². The number of likely N-dealkylation sites (N-methyl/N-ethyl adjacent to an activating group) is 1. The van der Waals surface area contributed by atoms with Crippen molar-refractivity contribution in [3.8, 4) is 11.1 Å². The van der Waals surface area contributed by atoms with Crippen LogP contribution in [0.15, 0.2) is 48.5 Å². The lowest BCUT2D eigenvalue weighted by Crippen LogP contribution is -2.43. The number of carbonyl (C=O) groups is 3. The summed E-state index contributed by atoms with van der Waals surface area (Å²) in [5.41, 5.74) is 4.62. The highest BCUT2D eigenvalue weighted by Crippen LogP contribution is 2.44. The zero-order valence-corrected chi connectivity index (χ0v) is 20.0. The molecule has 0 saturated carbocycles. The van der Waals surface area contributed by atoms with Crippen LogP contribution in [0.3, 0.4) is 0 Å². The molecule has 0 heterocycles. The average molecular weight is 468 g/mol. The zero-order chi connectivity index (χ0) is 24.7. The van der Waals surface area contributed by atoms with Gasteiger partial charge in [-0.25, -0.2) is 4.79 Å². The molecule has 0 spiro atoms. The lowest BCUT2D eigenvalue weighted by molar-refractivity contribution is -0.146. The van der Waals surface area contributed by atoms with Crippen LogP contribution in [0.4, 0.5) is 4.79 Å². The number of carboxylic acids is 1. The van der Waals surface area contributed by atoms with Crippen LogP contribution in [-0.4, -0.2) is 79.8 Å². The van der Waals surface area contributed by atoms with Crippen LogP contribution in [0.25, 0.3) is 11.1 Å². The molecule has 1 unspecified atom stereocenters. The minimum atomic E-state index is -1.05. The van der Waals surface area contributed by atoms with Crippen LogP contribution in [0.2, 0.25) is 0 Å². The van der Waals surface area contributed by atoms with E-state index in [0.717, 1.165) is 11.1 Å². The first kappa shape index (κ1) is 25.2. The van der Waals surface area contributed by atoms with E-state index in [1.54, 1.807) is 6.92 Å². The number of nitrogens with one attached hydrogen (secondary N) is 1. The van der Waals surface area contributed by atoms with Gasteiger partial charge in [-0.1, -0.05) is 55.5 Å². The quantitative estimate of drug-likeness (QED) is 0.527. The molecule has 0 aromatic heterocycles. The number of ether oxygens (including phenoxy) is 1. The first-order valence-electron chi connectivity index (χ1n) is 11.5. The van der Waals surface area contributed by atoms with Crippen molar-refractivity contribution in [3.05, 3.63) is 59.7 Å². The van der Waals surface area contributed by atoms with Gasteiger partial charge in [0.25, 0.3) is 0 Å². The molecular formula is C26H33N3O5. The van der Waals surface area contributed by atoms with Crippen molar-refractivity contribution >= 4 is 18.0 Å². The Bertz CT molecular complexity index is 978. The minimum Gasteiger partial charge on any atom is -0.480 e. The summed E-state index contributed by atoms with van der Waals surface area (Å²) in [5.74, 6) is -1.72. The third-order valence-corrected chi connectivity index (χ3v) is 6.07. The summed E-state index contributed by atoms with van der Waals surface area (Å²) < 4.78 is 5.52. The van der Waals surface area contributed by atoms with Crippen LogP contribution in [-0.2, 0) is 14.3 Å². The Morgan fingerprint density at radius 2 is 1.59 bits per heavy atom. The molecule has 2 aromatic rings. The maximum absolute atomic E-state index is 12.7. The van der Waals surface area contributed by atoms with E-state index in [-0.39, 0.29) is 31.5 Å². The summed E-state index contributed by atoms with van der Waals surface area (Å²) in [6.07, 6.45) is -0.141. The van der Waals surface area contributed by atoms with Gasteiger partial charge in [0.15, 0.2) is 0 Å². The van der Waals surface area contributed by atoms with Gasteiger partial charge in [0.05, 0.1) is 0 Å². The number of benzene rings is 2. The van der Waals surface area contributed by atoms with Gasteiger partial charge in [0, 0.05) is 31.5 Å². The number of rotatable bonds is 11. The van der Waals surface area contributed by atoms with Crippen molar-refractivity contribution in [2.45, 2.75) is 19.3 Å². The predicted molar refractivity (Wildman–Crippen MR) is 130 cm³/mol. The van der Waals surface area contributed by atoms with E-state index in [1.807, 2.05) is 43.3 Å². The minimum absolute atomic E-state index is 0.0140. The summed E-state index contributed by atoms with van der Waals surface area (Å²) in [4.78, 5) is 39.4. The van der Waals surface area contributed by atoms with Crippen LogP contribution < -0.4 is 5.32 Å². The number of amides is 2. The monoisotopic (exact) mass is 467 g/mol. The highest BCUT2D eigenvalue weighted by atomic mass is 16.5. The number of hydrogen-bond donors (Lipinski definition) is 2. The molecule has 0 saturated heterocycles. The van der Waals surface area contributed by atoms with Crippen molar-refractivity contribution in [2.75, 3.05) is 46.9 Å². The van der Waals surface area contributed by atoms with Gasteiger partial charge in [-0.2, -0.15) is 0 Å². The van der Waals surface area contributed by atoms with E-state index >= 15 is 0 Å². The van der Waals surface area contributed by atoms with Gasteiger partial charge in [0.2, 0.25) is 5.91 Å². The van der Waals surface area contributed by atoms with Crippen LogP contribution >= 0.6 is 0 Å². The summed E-state index contributed by atoms with van der Waals surface area (Å²) in [7, 11) is 3.73. The molecule has 8 heteroatoms. The van der Waals surface area contributed by atoms with Crippen LogP contribution in [0.5, 0.6) is 0 Å². The number of carboxylic acid groups (broad SMARTS) is 1. The Balaban J connectivity index is 1.48. The second kappa shape index (κ2) is 11.7. The van der Waals surface area contributed by atoms with Gasteiger partial charge in [0.1, 0.15) is 13.2 Å². The predicted octanol–water partition coefficient (Wildman–Crippen LogP) is 3.03. The number of carbonyl (C=O) groups excluding carboxylic acids is 2.